The maximum Gasteiger partial charge on any atom is 0.123 e. The van der Waals surface area contributed by atoms with Crippen molar-refractivity contribution in [1.29, 1.82) is 0 Å². The summed E-state index contributed by atoms with van der Waals surface area (Å²) in [6.45, 7) is 4.12. The van der Waals surface area contributed by atoms with Crippen LogP contribution < -0.4 is 4.90 Å². The van der Waals surface area contributed by atoms with E-state index in [1.165, 1.54) is 11.1 Å². The molecular formula is C25H25FN2. The third-order valence-corrected chi connectivity index (χ3v) is 6.22. The fourth-order valence-electron chi connectivity index (χ4n) is 4.80. The first kappa shape index (κ1) is 17.4. The maximum atomic E-state index is 13.2. The summed E-state index contributed by atoms with van der Waals surface area (Å²) in [5, 5.41) is 0. The Labute approximate surface area is 166 Å². The maximum absolute atomic E-state index is 13.2. The Morgan fingerprint density at radius 1 is 0.714 bits per heavy atom. The highest BCUT2D eigenvalue weighted by Crippen LogP contribution is 2.50. The first-order chi connectivity index (χ1) is 13.8. The number of benzene rings is 3. The van der Waals surface area contributed by atoms with E-state index in [1.807, 2.05) is 12.1 Å². The molecule has 2 fully saturated rings. The lowest BCUT2D eigenvalue weighted by Crippen LogP contribution is -2.34. The van der Waals surface area contributed by atoms with Gasteiger partial charge in [-0.1, -0.05) is 60.7 Å². The van der Waals surface area contributed by atoms with Crippen molar-refractivity contribution in [2.24, 2.45) is 11.8 Å². The van der Waals surface area contributed by atoms with Gasteiger partial charge in [0.25, 0.3) is 0 Å². The summed E-state index contributed by atoms with van der Waals surface area (Å²) >= 11 is 0. The molecule has 2 unspecified atom stereocenters. The molecule has 0 bridgehead atoms. The molecule has 1 saturated carbocycles. The molecular weight excluding hydrogens is 347 g/mol. The molecule has 1 aliphatic heterocycles. The summed E-state index contributed by atoms with van der Waals surface area (Å²) in [5.41, 5.74) is 3.89. The minimum absolute atomic E-state index is 0.164. The van der Waals surface area contributed by atoms with Crippen LogP contribution in [0.3, 0.4) is 0 Å². The van der Waals surface area contributed by atoms with E-state index in [1.54, 1.807) is 12.1 Å². The Kier molecular flexibility index (Phi) is 4.61. The Morgan fingerprint density at radius 3 is 1.71 bits per heavy atom. The monoisotopic (exact) mass is 372 g/mol. The van der Waals surface area contributed by atoms with Crippen LogP contribution in [-0.4, -0.2) is 24.0 Å². The second-order valence-corrected chi connectivity index (χ2v) is 8.08. The predicted molar refractivity (Wildman–Crippen MR) is 112 cm³/mol. The van der Waals surface area contributed by atoms with Crippen LogP contribution in [0.2, 0.25) is 0 Å². The zero-order chi connectivity index (χ0) is 18.9. The van der Waals surface area contributed by atoms with E-state index in [0.29, 0.717) is 17.9 Å². The van der Waals surface area contributed by atoms with Gasteiger partial charge in [-0.3, -0.25) is 4.90 Å². The van der Waals surface area contributed by atoms with Gasteiger partial charge in [-0.05, 0) is 47.2 Å². The van der Waals surface area contributed by atoms with Gasteiger partial charge in [0.15, 0.2) is 0 Å². The third-order valence-electron chi connectivity index (χ3n) is 6.22. The molecule has 3 atom stereocenters. The first-order valence-corrected chi connectivity index (χ1v) is 10.1. The van der Waals surface area contributed by atoms with Gasteiger partial charge in [-0.2, -0.15) is 0 Å². The van der Waals surface area contributed by atoms with Gasteiger partial charge < -0.3 is 4.90 Å². The number of nitrogens with zero attached hydrogens (tertiary/aromatic N) is 2. The van der Waals surface area contributed by atoms with E-state index in [9.17, 15) is 4.39 Å². The van der Waals surface area contributed by atoms with E-state index in [2.05, 4.69) is 70.5 Å². The lowest BCUT2D eigenvalue weighted by molar-refractivity contribution is 0.222. The van der Waals surface area contributed by atoms with Crippen LogP contribution in [0.5, 0.6) is 0 Å². The van der Waals surface area contributed by atoms with E-state index in [-0.39, 0.29) is 5.82 Å². The summed E-state index contributed by atoms with van der Waals surface area (Å²) < 4.78 is 13.2. The van der Waals surface area contributed by atoms with Crippen molar-refractivity contribution in [2.45, 2.75) is 19.1 Å². The highest BCUT2D eigenvalue weighted by molar-refractivity contribution is 5.49. The Morgan fingerprint density at radius 2 is 1.21 bits per heavy atom. The second kappa shape index (κ2) is 7.40. The van der Waals surface area contributed by atoms with Crippen LogP contribution in [0.15, 0.2) is 84.9 Å². The largest absolute Gasteiger partial charge is 0.371 e. The number of anilines is 1. The molecule has 2 aliphatic rings. The molecule has 0 N–H and O–H groups in total. The van der Waals surface area contributed by atoms with E-state index < -0.39 is 0 Å². The lowest BCUT2D eigenvalue weighted by atomic mass is 10.1. The van der Waals surface area contributed by atoms with Gasteiger partial charge in [0, 0.05) is 37.9 Å². The minimum Gasteiger partial charge on any atom is -0.371 e. The average molecular weight is 372 g/mol. The molecule has 1 saturated heterocycles. The van der Waals surface area contributed by atoms with Crippen LogP contribution in [0.25, 0.3) is 0 Å². The zero-order valence-corrected chi connectivity index (χ0v) is 15.9. The summed E-state index contributed by atoms with van der Waals surface area (Å²) in [6, 6.07) is 29.1. The summed E-state index contributed by atoms with van der Waals surface area (Å²) in [7, 11) is 0. The van der Waals surface area contributed by atoms with Crippen LogP contribution in [0.4, 0.5) is 10.1 Å². The van der Waals surface area contributed by atoms with Crippen LogP contribution in [-0.2, 0) is 13.1 Å². The normalized spacial score (nSPS) is 23.1. The fraction of sp³-hybridized carbons (Fsp3) is 0.280. The van der Waals surface area contributed by atoms with Gasteiger partial charge in [0.05, 0.1) is 0 Å². The van der Waals surface area contributed by atoms with E-state index in [4.69, 9.17) is 0 Å². The number of halogens is 1. The Hall–Kier alpha value is -2.65. The van der Waals surface area contributed by atoms with Crippen LogP contribution >= 0.6 is 0 Å². The molecule has 3 aromatic rings. The van der Waals surface area contributed by atoms with Crippen LogP contribution in [0.1, 0.15) is 11.1 Å². The van der Waals surface area contributed by atoms with Crippen molar-refractivity contribution in [3.8, 4) is 0 Å². The zero-order valence-electron chi connectivity index (χ0n) is 15.9. The third kappa shape index (κ3) is 3.55. The smallest absolute Gasteiger partial charge is 0.123 e. The topological polar surface area (TPSA) is 6.48 Å². The fourth-order valence-corrected chi connectivity index (χ4v) is 4.80. The van der Waals surface area contributed by atoms with Gasteiger partial charge in [0.2, 0.25) is 0 Å². The lowest BCUT2D eigenvalue weighted by Gasteiger charge is -2.28. The molecule has 3 heteroatoms. The van der Waals surface area contributed by atoms with E-state index >= 15 is 0 Å². The summed E-state index contributed by atoms with van der Waals surface area (Å²) in [5.74, 6) is 1.25. The van der Waals surface area contributed by atoms with Crippen molar-refractivity contribution in [3.05, 3.63) is 102 Å². The summed E-state index contributed by atoms with van der Waals surface area (Å²) in [4.78, 5) is 5.07. The van der Waals surface area contributed by atoms with Gasteiger partial charge in [0.1, 0.15) is 5.82 Å². The second-order valence-electron chi connectivity index (χ2n) is 8.08. The quantitative estimate of drug-likeness (QED) is 0.603. The van der Waals surface area contributed by atoms with Gasteiger partial charge in [-0.25, -0.2) is 4.39 Å². The molecule has 142 valence electrons. The SMILES string of the molecule is Fc1ccc(N2CC3C(N(Cc4ccccc4)Cc4ccccc4)[C@H]3C2)cc1. The number of piperidine rings is 1. The summed E-state index contributed by atoms with van der Waals surface area (Å²) in [6.07, 6.45) is 0. The molecule has 0 radical (unpaired) electrons. The molecule has 1 aliphatic carbocycles. The average Bonchev–Trinajstić information content (AvgIpc) is 3.23. The minimum atomic E-state index is -0.164. The Balaban J connectivity index is 1.30. The number of rotatable bonds is 6. The first-order valence-electron chi connectivity index (χ1n) is 10.1. The molecule has 0 amide bonds. The standard InChI is InChI=1S/C25H25FN2/c26-21-11-13-22(14-12-21)27-17-23-24(18-27)25(23)28(15-19-7-3-1-4-8-19)16-20-9-5-2-6-10-20/h1-14,23-25H,15-18H2/t23-,24?,25?/m0/s1. The van der Waals surface area contributed by atoms with Gasteiger partial charge in [-0.15, -0.1) is 0 Å². The molecule has 28 heavy (non-hydrogen) atoms. The highest BCUT2D eigenvalue weighted by Gasteiger charge is 2.58. The van der Waals surface area contributed by atoms with Crippen molar-refractivity contribution >= 4 is 5.69 Å². The number of hydrogen-bond donors (Lipinski definition) is 0. The van der Waals surface area contributed by atoms with Crippen LogP contribution in [0, 0.1) is 17.7 Å². The molecule has 3 aromatic carbocycles. The number of fused-ring (bicyclic) bond motifs is 1. The molecule has 0 spiro atoms. The Bertz CT molecular complexity index is 857. The molecule has 5 rings (SSSR count). The van der Waals surface area contributed by atoms with Gasteiger partial charge >= 0.3 is 0 Å². The van der Waals surface area contributed by atoms with Crippen molar-refractivity contribution in [2.75, 3.05) is 18.0 Å². The number of hydrogen-bond acceptors (Lipinski definition) is 2. The molecule has 1 heterocycles. The molecule has 2 nitrogen and oxygen atoms in total. The highest BCUT2D eigenvalue weighted by atomic mass is 19.1. The predicted octanol–water partition coefficient (Wildman–Crippen LogP) is 4.96. The van der Waals surface area contributed by atoms with Crippen molar-refractivity contribution in [3.63, 3.8) is 0 Å². The van der Waals surface area contributed by atoms with Crippen molar-refractivity contribution in [1.82, 2.24) is 4.90 Å². The molecule has 0 aromatic heterocycles. The van der Waals surface area contributed by atoms with E-state index in [0.717, 1.165) is 31.9 Å². The van der Waals surface area contributed by atoms with Crippen molar-refractivity contribution < 1.29 is 4.39 Å².